The van der Waals surface area contributed by atoms with Crippen molar-refractivity contribution in [3.63, 3.8) is 0 Å². The first-order chi connectivity index (χ1) is 16.4. The minimum absolute atomic E-state index is 0.139. The number of nitrogens with zero attached hydrogens (tertiary/aromatic N) is 2. The van der Waals surface area contributed by atoms with Crippen LogP contribution in [0.1, 0.15) is 48.4 Å². The highest BCUT2D eigenvalue weighted by Gasteiger charge is 2.32. The molecule has 1 atom stereocenters. The highest BCUT2D eigenvalue weighted by molar-refractivity contribution is 7.98. The summed E-state index contributed by atoms with van der Waals surface area (Å²) in [4.78, 5) is 30.3. The summed E-state index contributed by atoms with van der Waals surface area (Å²) in [6, 6.07) is 13.8. The van der Waals surface area contributed by atoms with Crippen LogP contribution in [0, 0.1) is 6.92 Å². The Kier molecular flexibility index (Phi) is 7.26. The lowest BCUT2D eigenvalue weighted by Crippen LogP contribution is -2.33. The molecule has 0 spiro atoms. The number of carbonyl (C=O) groups excluding carboxylic acids is 1. The zero-order valence-electron chi connectivity index (χ0n) is 19.9. The number of carbonyl (C=O) groups is 1. The van der Waals surface area contributed by atoms with Crippen LogP contribution in [0.5, 0.6) is 11.5 Å². The van der Waals surface area contributed by atoms with Crippen molar-refractivity contribution in [3.05, 3.63) is 75.1 Å². The first kappa shape index (κ1) is 23.9. The van der Waals surface area contributed by atoms with Gasteiger partial charge in [0.2, 0.25) is 5.91 Å². The molecule has 1 aliphatic heterocycles. The van der Waals surface area contributed by atoms with E-state index in [9.17, 15) is 9.59 Å². The second-order valence-corrected chi connectivity index (χ2v) is 9.11. The number of amides is 1. The molecule has 0 saturated carbocycles. The molecule has 178 valence electrons. The van der Waals surface area contributed by atoms with E-state index in [1.54, 1.807) is 4.57 Å². The Morgan fingerprint density at radius 1 is 1.06 bits per heavy atom. The Hall–Kier alpha value is -3.26. The van der Waals surface area contributed by atoms with Gasteiger partial charge in [0.15, 0.2) is 16.7 Å². The van der Waals surface area contributed by atoms with Crippen LogP contribution in [0.25, 0.3) is 0 Å². The van der Waals surface area contributed by atoms with Crippen LogP contribution in [0.4, 0.5) is 5.82 Å². The fourth-order valence-electron chi connectivity index (χ4n) is 4.07. The van der Waals surface area contributed by atoms with Gasteiger partial charge in [-0.1, -0.05) is 47.7 Å². The molecule has 1 N–H and O–H groups in total. The normalized spacial score (nSPS) is 14.9. The van der Waals surface area contributed by atoms with Gasteiger partial charge in [-0.25, -0.2) is 0 Å². The van der Waals surface area contributed by atoms with Gasteiger partial charge in [0.05, 0.1) is 18.8 Å². The van der Waals surface area contributed by atoms with Gasteiger partial charge in [-0.3, -0.25) is 9.59 Å². The maximum atomic E-state index is 13.2. The zero-order chi connectivity index (χ0) is 24.2. The molecule has 7 nitrogen and oxygen atoms in total. The Labute approximate surface area is 203 Å². The number of fused-ring (bicyclic) bond motifs is 1. The zero-order valence-corrected chi connectivity index (χ0v) is 20.7. The highest BCUT2D eigenvalue weighted by Crippen LogP contribution is 2.39. The monoisotopic (exact) mass is 479 g/mol. The van der Waals surface area contributed by atoms with Crippen molar-refractivity contribution in [2.75, 3.05) is 18.5 Å². The van der Waals surface area contributed by atoms with E-state index in [0.717, 1.165) is 11.1 Å². The van der Waals surface area contributed by atoms with Gasteiger partial charge < -0.3 is 19.4 Å². The summed E-state index contributed by atoms with van der Waals surface area (Å²) in [5, 5.41) is 3.46. The van der Waals surface area contributed by atoms with Gasteiger partial charge in [0, 0.05) is 25.1 Å². The Morgan fingerprint density at radius 3 is 2.47 bits per heavy atom. The molecule has 0 radical (unpaired) electrons. The molecule has 1 amide bonds. The van der Waals surface area contributed by atoms with Gasteiger partial charge in [-0.15, -0.1) is 0 Å². The van der Waals surface area contributed by atoms with Crippen LogP contribution in [-0.2, 0) is 17.6 Å². The average Bonchev–Trinajstić information content (AvgIpc) is 2.82. The minimum Gasteiger partial charge on any atom is -0.490 e. The van der Waals surface area contributed by atoms with Crippen LogP contribution in [0.2, 0.25) is 0 Å². The first-order valence-corrected chi connectivity index (χ1v) is 12.4. The minimum atomic E-state index is -0.416. The molecule has 1 aromatic heterocycles. The fraction of sp³-hybridized carbons (Fsp3) is 0.346. The molecule has 0 bridgehead atoms. The Balaban J connectivity index is 1.70. The molecule has 34 heavy (non-hydrogen) atoms. The quantitative estimate of drug-likeness (QED) is 0.374. The van der Waals surface area contributed by atoms with Crippen molar-refractivity contribution in [2.45, 2.75) is 44.0 Å². The van der Waals surface area contributed by atoms with Crippen molar-refractivity contribution in [1.29, 1.82) is 0 Å². The molecule has 0 aliphatic carbocycles. The number of rotatable bonds is 8. The van der Waals surface area contributed by atoms with Gasteiger partial charge in [0.25, 0.3) is 5.56 Å². The van der Waals surface area contributed by atoms with E-state index < -0.39 is 5.92 Å². The van der Waals surface area contributed by atoms with E-state index in [1.807, 2.05) is 46.0 Å². The topological polar surface area (TPSA) is 82.5 Å². The number of hydrogen-bond acceptors (Lipinski definition) is 6. The number of ether oxygens (including phenoxy) is 2. The lowest BCUT2D eigenvalue weighted by molar-refractivity contribution is -0.116. The predicted molar refractivity (Wildman–Crippen MR) is 134 cm³/mol. The lowest BCUT2D eigenvalue weighted by atomic mass is 9.86. The smallest absolute Gasteiger partial charge is 0.279 e. The number of aryl methyl sites for hydroxylation is 1. The molecule has 0 unspecified atom stereocenters. The van der Waals surface area contributed by atoms with Crippen molar-refractivity contribution < 1.29 is 14.3 Å². The Bertz CT molecular complexity index is 1250. The second kappa shape index (κ2) is 10.3. The van der Waals surface area contributed by atoms with Gasteiger partial charge in [0.1, 0.15) is 5.82 Å². The maximum absolute atomic E-state index is 13.2. The summed E-state index contributed by atoms with van der Waals surface area (Å²) in [5.74, 6) is 1.86. The molecule has 2 heterocycles. The van der Waals surface area contributed by atoms with Gasteiger partial charge in [-0.2, -0.15) is 4.98 Å². The van der Waals surface area contributed by atoms with Crippen molar-refractivity contribution in [3.8, 4) is 11.5 Å². The summed E-state index contributed by atoms with van der Waals surface area (Å²) in [6.07, 6.45) is 0.166. The number of hydrogen-bond donors (Lipinski definition) is 1. The standard InChI is InChI=1S/C26H29N3O4S/c1-5-32-20-12-11-18(13-21(20)33-6-2)19-14-22(30)27-24-23(19)25(31)28-26(29(24)4)34-15-17-9-7-16(3)8-10-17/h7-13,19H,5-6,14-15H2,1-4H3,(H,27,30)/t19-/m1/s1. The van der Waals surface area contributed by atoms with Gasteiger partial charge in [-0.05, 0) is 44.0 Å². The van der Waals surface area contributed by atoms with E-state index in [1.165, 1.54) is 17.3 Å². The third-order valence-electron chi connectivity index (χ3n) is 5.76. The summed E-state index contributed by atoms with van der Waals surface area (Å²) in [6.45, 7) is 6.86. The van der Waals surface area contributed by atoms with E-state index in [4.69, 9.17) is 9.47 Å². The SMILES string of the molecule is CCOc1ccc([C@H]2CC(=O)Nc3c2c(=O)nc(SCc2ccc(C)cc2)n3C)cc1OCC. The number of aromatic nitrogens is 2. The average molecular weight is 480 g/mol. The molecule has 2 aromatic carbocycles. The largest absolute Gasteiger partial charge is 0.490 e. The number of nitrogens with one attached hydrogen (secondary N) is 1. The number of thioether (sulfide) groups is 1. The van der Waals surface area contributed by atoms with Crippen LogP contribution in [-0.4, -0.2) is 28.7 Å². The first-order valence-electron chi connectivity index (χ1n) is 11.4. The lowest BCUT2D eigenvalue weighted by Gasteiger charge is -2.28. The molecular weight excluding hydrogens is 450 g/mol. The molecule has 0 fully saturated rings. The number of benzene rings is 2. The molecule has 4 rings (SSSR count). The van der Waals surface area contributed by atoms with E-state index >= 15 is 0 Å². The van der Waals surface area contributed by atoms with Crippen LogP contribution >= 0.6 is 11.8 Å². The van der Waals surface area contributed by atoms with Gasteiger partial charge >= 0.3 is 0 Å². The summed E-state index contributed by atoms with van der Waals surface area (Å²) in [5.41, 5.74) is 3.33. The third kappa shape index (κ3) is 4.97. The highest BCUT2D eigenvalue weighted by atomic mass is 32.2. The molecular formula is C26H29N3O4S. The van der Waals surface area contributed by atoms with Crippen LogP contribution < -0.4 is 20.3 Å². The maximum Gasteiger partial charge on any atom is 0.279 e. The van der Waals surface area contributed by atoms with Crippen molar-refractivity contribution >= 4 is 23.5 Å². The molecule has 1 aliphatic rings. The molecule has 3 aromatic rings. The van der Waals surface area contributed by atoms with Crippen LogP contribution in [0.3, 0.4) is 0 Å². The second-order valence-electron chi connectivity index (χ2n) is 8.17. The Morgan fingerprint density at radius 2 is 1.76 bits per heavy atom. The van der Waals surface area contributed by atoms with Crippen LogP contribution in [0.15, 0.2) is 52.4 Å². The predicted octanol–water partition coefficient (Wildman–Crippen LogP) is 4.65. The fourth-order valence-corrected chi connectivity index (χ4v) is 4.99. The summed E-state index contributed by atoms with van der Waals surface area (Å²) >= 11 is 1.47. The molecule has 0 saturated heterocycles. The van der Waals surface area contributed by atoms with Crippen molar-refractivity contribution in [2.24, 2.45) is 7.05 Å². The summed E-state index contributed by atoms with van der Waals surface area (Å²) < 4.78 is 13.2. The van der Waals surface area contributed by atoms with E-state index in [2.05, 4.69) is 34.6 Å². The van der Waals surface area contributed by atoms with E-state index in [0.29, 0.717) is 47.0 Å². The summed E-state index contributed by atoms with van der Waals surface area (Å²) in [7, 11) is 1.83. The van der Waals surface area contributed by atoms with Crippen molar-refractivity contribution in [1.82, 2.24) is 9.55 Å². The molecule has 8 heteroatoms. The van der Waals surface area contributed by atoms with E-state index in [-0.39, 0.29) is 17.9 Å². The third-order valence-corrected chi connectivity index (χ3v) is 6.86. The number of anilines is 1.